The van der Waals surface area contributed by atoms with E-state index in [9.17, 15) is 18.0 Å². The number of hydrogen-bond acceptors (Lipinski definition) is 3. The zero-order chi connectivity index (χ0) is 22.9. The lowest BCUT2D eigenvalue weighted by atomic mass is 10.1. The maximum Gasteiger partial charge on any atom is 0.435 e. The number of nitrogens with one attached hydrogen (secondary N) is 1. The third kappa shape index (κ3) is 5.72. The van der Waals surface area contributed by atoms with Crippen LogP contribution in [-0.2, 0) is 24.1 Å². The van der Waals surface area contributed by atoms with Gasteiger partial charge in [0.25, 0.3) is 0 Å². The quantitative estimate of drug-likeness (QED) is 0.479. The Labute approximate surface area is 190 Å². The van der Waals surface area contributed by atoms with Crippen molar-refractivity contribution < 1.29 is 18.0 Å². The Morgan fingerprint density at radius 2 is 1.87 bits per heavy atom. The molecule has 0 radical (unpaired) electrons. The minimum atomic E-state index is -4.55. The molecule has 6 nitrogen and oxygen atoms in total. The second-order valence-electron chi connectivity index (χ2n) is 7.00. The van der Waals surface area contributed by atoms with E-state index in [0.717, 1.165) is 16.3 Å². The first-order valence-electron chi connectivity index (χ1n) is 9.03. The standard InChI is InChI=1S/C19H17Cl3F3N5O/c1-10(7-30-11(2)5-16(27-30)19(23,24)25)18(31)26-17-15(22)9-29(28-17)8-12-3-4-13(20)6-14(12)21/h3-6,9-10H,7-8H2,1-2H3,(H,26,28,31). The van der Waals surface area contributed by atoms with Crippen molar-refractivity contribution in [3.05, 3.63) is 62.5 Å². The topological polar surface area (TPSA) is 64.7 Å². The largest absolute Gasteiger partial charge is 0.435 e. The van der Waals surface area contributed by atoms with Gasteiger partial charge < -0.3 is 5.32 Å². The molecule has 0 saturated heterocycles. The third-order valence-electron chi connectivity index (χ3n) is 4.47. The van der Waals surface area contributed by atoms with Gasteiger partial charge in [0.15, 0.2) is 11.5 Å². The molecule has 2 heterocycles. The number of rotatable bonds is 6. The van der Waals surface area contributed by atoms with E-state index in [1.54, 1.807) is 25.1 Å². The van der Waals surface area contributed by atoms with Crippen LogP contribution in [0.25, 0.3) is 0 Å². The molecule has 0 fully saturated rings. The first-order chi connectivity index (χ1) is 14.4. The van der Waals surface area contributed by atoms with Gasteiger partial charge in [0.1, 0.15) is 5.02 Å². The maximum absolute atomic E-state index is 12.8. The fourth-order valence-corrected chi connectivity index (χ4v) is 3.47. The van der Waals surface area contributed by atoms with Gasteiger partial charge in [-0.3, -0.25) is 14.2 Å². The molecule has 0 aliphatic heterocycles. The summed E-state index contributed by atoms with van der Waals surface area (Å²) in [4.78, 5) is 12.5. The Bertz CT molecular complexity index is 1110. The van der Waals surface area contributed by atoms with Crippen LogP contribution in [0.1, 0.15) is 23.9 Å². The average molecular weight is 495 g/mol. The van der Waals surface area contributed by atoms with Gasteiger partial charge in [-0.2, -0.15) is 23.4 Å². The van der Waals surface area contributed by atoms with Gasteiger partial charge in [0.2, 0.25) is 5.91 Å². The molecule has 0 bridgehead atoms. The minimum Gasteiger partial charge on any atom is -0.308 e. The molecule has 31 heavy (non-hydrogen) atoms. The van der Waals surface area contributed by atoms with Crippen molar-refractivity contribution >= 4 is 46.5 Å². The molecule has 0 aliphatic carbocycles. The van der Waals surface area contributed by atoms with Crippen LogP contribution >= 0.6 is 34.8 Å². The van der Waals surface area contributed by atoms with Gasteiger partial charge in [0, 0.05) is 21.9 Å². The lowest BCUT2D eigenvalue weighted by Crippen LogP contribution is -2.26. The van der Waals surface area contributed by atoms with E-state index in [1.165, 1.54) is 17.8 Å². The zero-order valence-corrected chi connectivity index (χ0v) is 18.6. The normalized spacial score (nSPS) is 12.8. The molecule has 3 rings (SSSR count). The van der Waals surface area contributed by atoms with Crippen LogP contribution in [0.2, 0.25) is 15.1 Å². The van der Waals surface area contributed by atoms with Crippen molar-refractivity contribution in [3.63, 3.8) is 0 Å². The van der Waals surface area contributed by atoms with Crippen molar-refractivity contribution in [3.8, 4) is 0 Å². The summed E-state index contributed by atoms with van der Waals surface area (Å²) in [5.74, 6) is -1.01. The van der Waals surface area contributed by atoms with E-state index in [2.05, 4.69) is 15.5 Å². The predicted octanol–water partition coefficient (Wildman–Crippen LogP) is 5.69. The van der Waals surface area contributed by atoms with Gasteiger partial charge >= 0.3 is 6.18 Å². The molecule has 166 valence electrons. The molecule has 0 aliphatic rings. The highest BCUT2D eigenvalue weighted by molar-refractivity contribution is 6.35. The van der Waals surface area contributed by atoms with E-state index in [4.69, 9.17) is 34.8 Å². The maximum atomic E-state index is 12.8. The van der Waals surface area contributed by atoms with Crippen LogP contribution < -0.4 is 5.32 Å². The Morgan fingerprint density at radius 3 is 2.48 bits per heavy atom. The molecule has 1 unspecified atom stereocenters. The summed E-state index contributed by atoms with van der Waals surface area (Å²) in [6.07, 6.45) is -3.02. The van der Waals surface area contributed by atoms with E-state index < -0.39 is 23.7 Å². The summed E-state index contributed by atoms with van der Waals surface area (Å²) in [5, 5.41) is 11.6. The van der Waals surface area contributed by atoms with Crippen LogP contribution in [0.5, 0.6) is 0 Å². The Hall–Kier alpha value is -2.23. The zero-order valence-electron chi connectivity index (χ0n) is 16.3. The molecule has 3 aromatic rings. The molecule has 1 aromatic carbocycles. The molecule has 0 spiro atoms. The number of nitrogens with zero attached hydrogens (tertiary/aromatic N) is 4. The van der Waals surface area contributed by atoms with Crippen molar-refractivity contribution in [2.45, 2.75) is 33.1 Å². The van der Waals surface area contributed by atoms with Gasteiger partial charge in [-0.05, 0) is 30.7 Å². The molecular weight excluding hydrogens is 478 g/mol. The number of alkyl halides is 3. The Balaban J connectivity index is 1.67. The number of aromatic nitrogens is 4. The number of carbonyl (C=O) groups excluding carboxylic acids is 1. The first kappa shape index (κ1) is 23.4. The van der Waals surface area contributed by atoms with E-state index in [-0.39, 0.29) is 17.4 Å². The number of halogens is 6. The number of carbonyl (C=O) groups is 1. The monoisotopic (exact) mass is 493 g/mol. The highest BCUT2D eigenvalue weighted by Gasteiger charge is 2.34. The number of aryl methyl sites for hydroxylation is 1. The third-order valence-corrected chi connectivity index (χ3v) is 5.34. The second kappa shape index (κ2) is 9.10. The van der Waals surface area contributed by atoms with Crippen LogP contribution in [-0.4, -0.2) is 25.5 Å². The van der Waals surface area contributed by atoms with Crippen LogP contribution in [0.15, 0.2) is 30.5 Å². The molecule has 1 atom stereocenters. The van der Waals surface area contributed by atoms with Gasteiger partial charge in [-0.15, -0.1) is 0 Å². The summed E-state index contributed by atoms with van der Waals surface area (Å²) in [5.41, 5.74) is 0.0560. The second-order valence-corrected chi connectivity index (χ2v) is 8.25. The number of amides is 1. The number of anilines is 1. The lowest BCUT2D eigenvalue weighted by Gasteiger charge is -2.12. The predicted molar refractivity (Wildman–Crippen MR) is 113 cm³/mol. The van der Waals surface area contributed by atoms with Gasteiger partial charge in [0.05, 0.1) is 19.0 Å². The van der Waals surface area contributed by atoms with E-state index in [0.29, 0.717) is 22.3 Å². The Morgan fingerprint density at radius 1 is 1.16 bits per heavy atom. The molecule has 1 N–H and O–H groups in total. The van der Waals surface area contributed by atoms with Crippen molar-refractivity contribution in [2.24, 2.45) is 5.92 Å². The first-order valence-corrected chi connectivity index (χ1v) is 10.2. The highest BCUT2D eigenvalue weighted by atomic mass is 35.5. The van der Waals surface area contributed by atoms with Gasteiger partial charge in [-0.1, -0.05) is 47.8 Å². The van der Waals surface area contributed by atoms with Crippen LogP contribution in [0, 0.1) is 12.8 Å². The van der Waals surface area contributed by atoms with Crippen LogP contribution in [0.4, 0.5) is 19.0 Å². The summed E-state index contributed by atoms with van der Waals surface area (Å²) in [6.45, 7) is 3.33. The summed E-state index contributed by atoms with van der Waals surface area (Å²) in [7, 11) is 0. The summed E-state index contributed by atoms with van der Waals surface area (Å²) >= 11 is 18.2. The summed E-state index contributed by atoms with van der Waals surface area (Å²) in [6, 6.07) is 5.99. The molecular formula is C19H17Cl3F3N5O. The van der Waals surface area contributed by atoms with Crippen molar-refractivity contribution in [1.82, 2.24) is 19.6 Å². The Kier molecular flexibility index (Phi) is 6.88. The fourth-order valence-electron chi connectivity index (χ4n) is 2.80. The summed E-state index contributed by atoms with van der Waals surface area (Å²) < 4.78 is 41.1. The highest BCUT2D eigenvalue weighted by Crippen LogP contribution is 2.29. The average Bonchev–Trinajstić information content (AvgIpc) is 3.20. The number of benzene rings is 1. The smallest absolute Gasteiger partial charge is 0.308 e. The lowest BCUT2D eigenvalue weighted by molar-refractivity contribution is -0.141. The van der Waals surface area contributed by atoms with Gasteiger partial charge in [-0.25, -0.2) is 0 Å². The number of hydrogen-bond donors (Lipinski definition) is 1. The molecule has 2 aromatic heterocycles. The minimum absolute atomic E-state index is 0.0353. The van der Waals surface area contributed by atoms with E-state index >= 15 is 0 Å². The molecule has 12 heteroatoms. The van der Waals surface area contributed by atoms with Crippen molar-refractivity contribution in [2.75, 3.05) is 5.32 Å². The van der Waals surface area contributed by atoms with Crippen molar-refractivity contribution in [1.29, 1.82) is 0 Å². The van der Waals surface area contributed by atoms with Crippen LogP contribution in [0.3, 0.4) is 0 Å². The van der Waals surface area contributed by atoms with E-state index in [1.807, 2.05) is 0 Å². The SMILES string of the molecule is Cc1cc(C(F)(F)F)nn1CC(C)C(=O)Nc1nn(Cc2ccc(Cl)cc2Cl)cc1Cl. The molecule has 1 amide bonds. The molecule has 0 saturated carbocycles. The fraction of sp³-hybridized carbons (Fsp3) is 0.316.